The van der Waals surface area contributed by atoms with Crippen molar-refractivity contribution in [2.24, 2.45) is 0 Å². The average Bonchev–Trinajstić information content (AvgIpc) is 2.78. The number of anilines is 1. The zero-order valence-electron chi connectivity index (χ0n) is 10.3. The van der Waals surface area contributed by atoms with Gasteiger partial charge in [-0.3, -0.25) is 4.21 Å². The van der Waals surface area contributed by atoms with Gasteiger partial charge in [0.25, 0.3) is 0 Å². The molecule has 0 radical (unpaired) electrons. The van der Waals surface area contributed by atoms with Crippen LogP contribution < -0.4 is 5.73 Å². The van der Waals surface area contributed by atoms with Gasteiger partial charge in [-0.25, -0.2) is 4.68 Å². The van der Waals surface area contributed by atoms with E-state index >= 15 is 0 Å². The molecule has 18 heavy (non-hydrogen) atoms. The van der Waals surface area contributed by atoms with Crippen molar-refractivity contribution in [3.63, 3.8) is 0 Å². The van der Waals surface area contributed by atoms with Crippen LogP contribution in [0.25, 0.3) is 11.4 Å². The third-order valence-electron chi connectivity index (χ3n) is 2.74. The van der Waals surface area contributed by atoms with E-state index in [0.29, 0.717) is 23.8 Å². The maximum Gasteiger partial charge on any atom is 0.182 e. The molecule has 0 aliphatic carbocycles. The van der Waals surface area contributed by atoms with Crippen molar-refractivity contribution in [2.45, 2.75) is 13.5 Å². The van der Waals surface area contributed by atoms with Crippen LogP contribution in [-0.4, -0.2) is 36.4 Å². The van der Waals surface area contributed by atoms with Gasteiger partial charge >= 0.3 is 0 Å². The molecule has 0 amide bonds. The zero-order valence-corrected chi connectivity index (χ0v) is 11.1. The van der Waals surface area contributed by atoms with E-state index in [2.05, 4.69) is 15.5 Å². The summed E-state index contributed by atoms with van der Waals surface area (Å²) in [6, 6.07) is 5.64. The summed E-state index contributed by atoms with van der Waals surface area (Å²) in [5, 5.41) is 11.6. The number of aryl methyl sites for hydroxylation is 1. The molecule has 1 heterocycles. The standard InChI is InChI=1S/C11H15N5OS/c1-8-9(4-3-5-10(8)12)11-13-14-15-16(11)6-7-18(2)17/h3-5H,6-7,12H2,1-2H3. The number of hydrogen-bond acceptors (Lipinski definition) is 5. The molecular weight excluding hydrogens is 250 g/mol. The van der Waals surface area contributed by atoms with Crippen molar-refractivity contribution in [1.82, 2.24) is 20.2 Å². The van der Waals surface area contributed by atoms with Crippen LogP contribution in [0.15, 0.2) is 18.2 Å². The minimum Gasteiger partial charge on any atom is -0.398 e. The first-order valence-corrected chi connectivity index (χ1v) is 7.24. The van der Waals surface area contributed by atoms with Crippen LogP contribution in [0, 0.1) is 6.92 Å². The van der Waals surface area contributed by atoms with Crippen molar-refractivity contribution in [2.75, 3.05) is 17.7 Å². The number of nitrogens with zero attached hydrogens (tertiary/aromatic N) is 4. The van der Waals surface area contributed by atoms with Crippen LogP contribution in [0.1, 0.15) is 5.56 Å². The van der Waals surface area contributed by atoms with Crippen molar-refractivity contribution in [3.8, 4) is 11.4 Å². The first kappa shape index (κ1) is 12.7. The molecule has 1 aromatic heterocycles. The van der Waals surface area contributed by atoms with Gasteiger partial charge in [-0.05, 0) is 29.0 Å². The van der Waals surface area contributed by atoms with Crippen LogP contribution in [0.5, 0.6) is 0 Å². The summed E-state index contributed by atoms with van der Waals surface area (Å²) in [6.45, 7) is 2.46. The summed E-state index contributed by atoms with van der Waals surface area (Å²) in [5.41, 5.74) is 8.44. The number of hydrogen-bond donors (Lipinski definition) is 1. The molecule has 1 unspecified atom stereocenters. The third-order valence-corrected chi connectivity index (χ3v) is 3.50. The molecule has 0 spiro atoms. The van der Waals surface area contributed by atoms with Crippen LogP contribution >= 0.6 is 0 Å². The Balaban J connectivity index is 2.36. The molecule has 0 bridgehead atoms. The maximum absolute atomic E-state index is 11.1. The van der Waals surface area contributed by atoms with Gasteiger partial charge in [0.2, 0.25) is 0 Å². The van der Waals surface area contributed by atoms with E-state index in [1.54, 1.807) is 10.9 Å². The summed E-state index contributed by atoms with van der Waals surface area (Å²) in [7, 11) is -0.866. The Hall–Kier alpha value is -1.76. The summed E-state index contributed by atoms with van der Waals surface area (Å²) in [4.78, 5) is 0. The average molecular weight is 265 g/mol. The lowest BCUT2D eigenvalue weighted by atomic mass is 10.1. The molecule has 1 aromatic carbocycles. The van der Waals surface area contributed by atoms with Gasteiger partial charge in [-0.1, -0.05) is 12.1 Å². The van der Waals surface area contributed by atoms with E-state index in [9.17, 15) is 4.21 Å². The van der Waals surface area contributed by atoms with Crippen molar-refractivity contribution < 1.29 is 4.21 Å². The number of tetrazole rings is 1. The van der Waals surface area contributed by atoms with Crippen molar-refractivity contribution >= 4 is 16.5 Å². The lowest BCUT2D eigenvalue weighted by Gasteiger charge is -2.08. The Morgan fingerprint density at radius 2 is 2.22 bits per heavy atom. The summed E-state index contributed by atoms with van der Waals surface area (Å²) in [6.07, 6.45) is 1.66. The lowest BCUT2D eigenvalue weighted by molar-refractivity contribution is 0.625. The van der Waals surface area contributed by atoms with Crippen LogP contribution in [0.3, 0.4) is 0 Å². The Morgan fingerprint density at radius 1 is 1.44 bits per heavy atom. The van der Waals surface area contributed by atoms with Crippen LogP contribution in [0.4, 0.5) is 5.69 Å². The second-order valence-corrected chi connectivity index (χ2v) is 5.58. The molecule has 96 valence electrons. The highest BCUT2D eigenvalue weighted by molar-refractivity contribution is 7.84. The topological polar surface area (TPSA) is 86.7 Å². The molecule has 1 atom stereocenters. The molecule has 0 saturated heterocycles. The fourth-order valence-corrected chi connectivity index (χ4v) is 2.09. The van der Waals surface area contributed by atoms with E-state index < -0.39 is 10.8 Å². The molecule has 2 rings (SSSR count). The first-order valence-electron chi connectivity index (χ1n) is 5.51. The van der Waals surface area contributed by atoms with E-state index in [0.717, 1.165) is 11.1 Å². The Labute approximate surface area is 108 Å². The molecular formula is C11H15N5OS. The van der Waals surface area contributed by atoms with Crippen molar-refractivity contribution in [1.29, 1.82) is 0 Å². The number of nitrogens with two attached hydrogens (primary N) is 1. The van der Waals surface area contributed by atoms with Crippen LogP contribution in [0.2, 0.25) is 0 Å². The smallest absolute Gasteiger partial charge is 0.182 e. The fraction of sp³-hybridized carbons (Fsp3) is 0.364. The van der Waals surface area contributed by atoms with E-state index in [1.165, 1.54) is 0 Å². The second kappa shape index (κ2) is 5.26. The summed E-state index contributed by atoms with van der Waals surface area (Å²) >= 11 is 0. The molecule has 0 aliphatic heterocycles. The van der Waals surface area contributed by atoms with Gasteiger partial charge in [-0.15, -0.1) is 5.10 Å². The van der Waals surface area contributed by atoms with Crippen molar-refractivity contribution in [3.05, 3.63) is 23.8 Å². The van der Waals surface area contributed by atoms with Gasteiger partial charge in [0, 0.05) is 34.1 Å². The van der Waals surface area contributed by atoms with Gasteiger partial charge in [0.15, 0.2) is 5.82 Å². The molecule has 6 nitrogen and oxygen atoms in total. The van der Waals surface area contributed by atoms with E-state index in [4.69, 9.17) is 5.73 Å². The highest BCUT2D eigenvalue weighted by Gasteiger charge is 2.12. The zero-order chi connectivity index (χ0) is 13.1. The predicted molar refractivity (Wildman–Crippen MR) is 71.3 cm³/mol. The second-order valence-electron chi connectivity index (χ2n) is 4.02. The maximum atomic E-state index is 11.1. The molecule has 7 heteroatoms. The van der Waals surface area contributed by atoms with E-state index in [-0.39, 0.29) is 0 Å². The third kappa shape index (κ3) is 2.56. The Morgan fingerprint density at radius 3 is 2.94 bits per heavy atom. The number of nitrogen functional groups attached to an aromatic ring is 1. The van der Waals surface area contributed by atoms with Gasteiger partial charge in [-0.2, -0.15) is 0 Å². The highest BCUT2D eigenvalue weighted by Crippen LogP contribution is 2.24. The van der Waals surface area contributed by atoms with E-state index in [1.807, 2.05) is 25.1 Å². The Bertz CT molecular complexity index is 581. The highest BCUT2D eigenvalue weighted by atomic mass is 32.2. The van der Waals surface area contributed by atoms with Crippen LogP contribution in [-0.2, 0) is 17.3 Å². The summed E-state index contributed by atoms with van der Waals surface area (Å²) in [5.74, 6) is 1.18. The van der Waals surface area contributed by atoms with Gasteiger partial charge in [0.1, 0.15) is 0 Å². The lowest BCUT2D eigenvalue weighted by Crippen LogP contribution is -2.10. The quantitative estimate of drug-likeness (QED) is 0.818. The monoisotopic (exact) mass is 265 g/mol. The normalized spacial score (nSPS) is 12.6. The largest absolute Gasteiger partial charge is 0.398 e. The minimum atomic E-state index is -0.866. The Kier molecular flexibility index (Phi) is 3.71. The fourth-order valence-electron chi connectivity index (χ4n) is 1.66. The molecule has 0 fully saturated rings. The number of rotatable bonds is 4. The SMILES string of the molecule is Cc1c(N)cccc1-c1nnnn1CCS(C)=O. The van der Waals surface area contributed by atoms with Gasteiger partial charge in [0.05, 0.1) is 6.54 Å². The van der Waals surface area contributed by atoms with Gasteiger partial charge < -0.3 is 5.73 Å². The molecule has 2 aromatic rings. The molecule has 2 N–H and O–H groups in total. The molecule has 0 saturated carbocycles. The minimum absolute atomic E-state index is 0.527. The number of benzene rings is 1. The first-order chi connectivity index (χ1) is 8.59. The summed E-state index contributed by atoms with van der Waals surface area (Å²) < 4.78 is 12.8. The predicted octanol–water partition coefficient (Wildman–Crippen LogP) is 0.609. The molecule has 0 aliphatic rings. The number of aromatic nitrogens is 4.